The number of nitrogens with zero attached hydrogens (tertiary/aromatic N) is 1. The summed E-state index contributed by atoms with van der Waals surface area (Å²) in [5, 5.41) is 0. The van der Waals surface area contributed by atoms with Crippen LogP contribution in [0.15, 0.2) is 12.3 Å². The molecule has 0 aromatic carbocycles. The van der Waals surface area contributed by atoms with Gasteiger partial charge in [-0.15, -0.1) is 0 Å². The highest BCUT2D eigenvalue weighted by Gasteiger charge is 2.12. The Balaban J connectivity index is 0.000000561. The predicted molar refractivity (Wildman–Crippen MR) is 56.2 cm³/mol. The van der Waals surface area contributed by atoms with Crippen LogP contribution in [0, 0.1) is 0 Å². The van der Waals surface area contributed by atoms with Gasteiger partial charge in [-0.1, -0.05) is 33.8 Å². The van der Waals surface area contributed by atoms with Crippen LogP contribution < -0.4 is 0 Å². The summed E-state index contributed by atoms with van der Waals surface area (Å²) in [4.78, 5) is 2.42. The first-order chi connectivity index (χ1) is 5.84. The maximum absolute atomic E-state index is 4.01. The first-order valence-corrected chi connectivity index (χ1v) is 5.27. The minimum Gasteiger partial charge on any atom is -0.375 e. The molecule has 1 saturated heterocycles. The smallest absolute Gasteiger partial charge is 0.0178 e. The SMILES string of the molecule is C=C1CCCN1CCCC.CC. The molecule has 1 heterocycles. The van der Waals surface area contributed by atoms with Crippen LogP contribution in [0.1, 0.15) is 46.5 Å². The largest absolute Gasteiger partial charge is 0.375 e. The second-order valence-corrected chi connectivity index (χ2v) is 3.01. The zero-order chi connectivity index (χ0) is 9.40. The number of hydrogen-bond acceptors (Lipinski definition) is 1. The molecule has 0 spiro atoms. The summed E-state index contributed by atoms with van der Waals surface area (Å²) >= 11 is 0. The van der Waals surface area contributed by atoms with Gasteiger partial charge < -0.3 is 4.90 Å². The van der Waals surface area contributed by atoms with Crippen molar-refractivity contribution in [2.45, 2.75) is 46.5 Å². The van der Waals surface area contributed by atoms with E-state index in [1.807, 2.05) is 13.8 Å². The van der Waals surface area contributed by atoms with Gasteiger partial charge in [0.15, 0.2) is 0 Å². The van der Waals surface area contributed by atoms with Crippen LogP contribution in [-0.2, 0) is 0 Å². The third kappa shape index (κ3) is 3.80. The predicted octanol–water partition coefficient (Wildman–Crippen LogP) is 3.42. The first kappa shape index (κ1) is 11.5. The average Bonchev–Trinajstić information content (AvgIpc) is 2.51. The maximum atomic E-state index is 4.01. The molecule has 72 valence electrons. The standard InChI is InChI=1S/C9H17N.C2H6/c1-3-4-7-10-8-5-6-9(10)2;1-2/h2-8H2,1H3;1-2H3. The van der Waals surface area contributed by atoms with E-state index in [1.165, 1.54) is 44.5 Å². The van der Waals surface area contributed by atoms with Crippen molar-refractivity contribution >= 4 is 0 Å². The molecule has 0 aliphatic carbocycles. The van der Waals surface area contributed by atoms with E-state index >= 15 is 0 Å². The summed E-state index contributed by atoms with van der Waals surface area (Å²) in [6.07, 6.45) is 5.16. The van der Waals surface area contributed by atoms with E-state index in [-0.39, 0.29) is 0 Å². The van der Waals surface area contributed by atoms with Gasteiger partial charge in [0.1, 0.15) is 0 Å². The lowest BCUT2D eigenvalue weighted by atomic mass is 10.3. The molecule has 1 rings (SSSR count). The molecule has 0 N–H and O–H groups in total. The molecule has 0 saturated carbocycles. The minimum absolute atomic E-state index is 1.23. The molecule has 1 nitrogen and oxygen atoms in total. The Kier molecular flexibility index (Phi) is 6.93. The lowest BCUT2D eigenvalue weighted by Crippen LogP contribution is -2.17. The second kappa shape index (κ2) is 7.20. The highest BCUT2D eigenvalue weighted by atomic mass is 15.1. The Labute approximate surface area is 77.5 Å². The summed E-state index contributed by atoms with van der Waals surface area (Å²) in [5.41, 5.74) is 1.36. The van der Waals surface area contributed by atoms with Crippen molar-refractivity contribution in [2.24, 2.45) is 0 Å². The third-order valence-corrected chi connectivity index (χ3v) is 2.12. The van der Waals surface area contributed by atoms with Gasteiger partial charge in [-0.25, -0.2) is 0 Å². The Hall–Kier alpha value is -0.460. The molecular weight excluding hydrogens is 146 g/mol. The average molecular weight is 169 g/mol. The molecule has 0 aromatic heterocycles. The molecule has 12 heavy (non-hydrogen) atoms. The minimum atomic E-state index is 1.23. The van der Waals surface area contributed by atoms with Crippen molar-refractivity contribution in [2.75, 3.05) is 13.1 Å². The van der Waals surface area contributed by atoms with Gasteiger partial charge in [0.25, 0.3) is 0 Å². The van der Waals surface area contributed by atoms with Gasteiger partial charge in [-0.2, -0.15) is 0 Å². The van der Waals surface area contributed by atoms with Gasteiger partial charge in [0.2, 0.25) is 0 Å². The highest BCUT2D eigenvalue weighted by Crippen LogP contribution is 2.18. The van der Waals surface area contributed by atoms with Gasteiger partial charge in [0.05, 0.1) is 0 Å². The van der Waals surface area contributed by atoms with Crippen LogP contribution in [0.4, 0.5) is 0 Å². The molecule has 1 heteroatoms. The summed E-state index contributed by atoms with van der Waals surface area (Å²) in [6.45, 7) is 12.7. The van der Waals surface area contributed by atoms with Crippen LogP contribution in [0.5, 0.6) is 0 Å². The van der Waals surface area contributed by atoms with Crippen LogP contribution >= 0.6 is 0 Å². The van der Waals surface area contributed by atoms with Gasteiger partial charge >= 0.3 is 0 Å². The molecule has 1 fully saturated rings. The van der Waals surface area contributed by atoms with Crippen molar-refractivity contribution in [3.63, 3.8) is 0 Å². The second-order valence-electron chi connectivity index (χ2n) is 3.01. The van der Waals surface area contributed by atoms with Crippen molar-refractivity contribution in [3.8, 4) is 0 Å². The monoisotopic (exact) mass is 169 g/mol. The molecule has 0 unspecified atom stereocenters. The fourth-order valence-corrected chi connectivity index (χ4v) is 1.41. The first-order valence-electron chi connectivity index (χ1n) is 5.27. The quantitative estimate of drug-likeness (QED) is 0.625. The Morgan fingerprint density at radius 3 is 2.50 bits per heavy atom. The molecule has 1 aliphatic heterocycles. The number of allylic oxidation sites excluding steroid dienone is 1. The zero-order valence-corrected chi connectivity index (χ0v) is 8.90. The molecule has 0 amide bonds. The Bertz CT molecular complexity index is 118. The van der Waals surface area contributed by atoms with Gasteiger partial charge in [-0.3, -0.25) is 0 Å². The van der Waals surface area contributed by atoms with Crippen LogP contribution in [0.3, 0.4) is 0 Å². The summed E-state index contributed by atoms with van der Waals surface area (Å²) in [7, 11) is 0. The van der Waals surface area contributed by atoms with Crippen molar-refractivity contribution in [3.05, 3.63) is 12.3 Å². The van der Waals surface area contributed by atoms with E-state index in [0.29, 0.717) is 0 Å². The fraction of sp³-hybridized carbons (Fsp3) is 0.818. The van der Waals surface area contributed by atoms with E-state index in [9.17, 15) is 0 Å². The van der Waals surface area contributed by atoms with Gasteiger partial charge in [-0.05, 0) is 19.3 Å². The zero-order valence-electron chi connectivity index (χ0n) is 8.90. The van der Waals surface area contributed by atoms with Crippen LogP contribution in [-0.4, -0.2) is 18.0 Å². The number of likely N-dealkylation sites (tertiary alicyclic amines) is 1. The lowest BCUT2D eigenvalue weighted by molar-refractivity contribution is 0.384. The molecule has 0 bridgehead atoms. The molecule has 0 atom stereocenters. The van der Waals surface area contributed by atoms with Gasteiger partial charge in [0, 0.05) is 18.8 Å². The maximum Gasteiger partial charge on any atom is 0.0178 e. The summed E-state index contributed by atoms with van der Waals surface area (Å²) in [6, 6.07) is 0. The van der Waals surface area contributed by atoms with E-state index in [4.69, 9.17) is 0 Å². The van der Waals surface area contributed by atoms with Crippen molar-refractivity contribution in [1.82, 2.24) is 4.90 Å². The van der Waals surface area contributed by atoms with E-state index in [2.05, 4.69) is 18.4 Å². The number of rotatable bonds is 3. The van der Waals surface area contributed by atoms with Crippen LogP contribution in [0.2, 0.25) is 0 Å². The van der Waals surface area contributed by atoms with Crippen LogP contribution in [0.25, 0.3) is 0 Å². The number of unbranched alkanes of at least 4 members (excludes halogenated alkanes) is 1. The third-order valence-electron chi connectivity index (χ3n) is 2.12. The van der Waals surface area contributed by atoms with E-state index in [1.54, 1.807) is 0 Å². The van der Waals surface area contributed by atoms with E-state index < -0.39 is 0 Å². The molecule has 0 aromatic rings. The van der Waals surface area contributed by atoms with E-state index in [0.717, 1.165) is 0 Å². The molecular formula is C11H23N. The normalized spacial score (nSPS) is 15.9. The number of hydrogen-bond donors (Lipinski definition) is 0. The molecule has 1 aliphatic rings. The van der Waals surface area contributed by atoms with Crippen molar-refractivity contribution in [1.29, 1.82) is 0 Å². The Morgan fingerprint density at radius 2 is 2.08 bits per heavy atom. The topological polar surface area (TPSA) is 3.24 Å². The lowest BCUT2D eigenvalue weighted by Gasteiger charge is -2.17. The molecule has 0 radical (unpaired) electrons. The fourth-order valence-electron chi connectivity index (χ4n) is 1.41. The summed E-state index contributed by atoms with van der Waals surface area (Å²) in [5.74, 6) is 0. The highest BCUT2D eigenvalue weighted by molar-refractivity contribution is 4.98. The Morgan fingerprint density at radius 1 is 1.42 bits per heavy atom. The summed E-state index contributed by atoms with van der Waals surface area (Å²) < 4.78 is 0. The van der Waals surface area contributed by atoms with Crippen molar-refractivity contribution < 1.29 is 0 Å².